The largest absolute Gasteiger partial charge is 0.418 e. The highest BCUT2D eigenvalue weighted by molar-refractivity contribution is 7.14. The van der Waals surface area contributed by atoms with Crippen molar-refractivity contribution >= 4 is 40.2 Å². The second-order valence-corrected chi connectivity index (χ2v) is 5.75. The highest BCUT2D eigenvalue weighted by Crippen LogP contribution is 2.35. The Kier molecular flexibility index (Phi) is 4.52. The fourth-order valence-electron chi connectivity index (χ4n) is 1.48. The number of hydrogen-bond acceptors (Lipinski definition) is 4. The molecule has 1 N–H and O–H groups in total. The van der Waals surface area contributed by atoms with Gasteiger partial charge in [0.1, 0.15) is 15.7 Å². The average molecular weight is 348 g/mol. The van der Waals surface area contributed by atoms with Crippen LogP contribution in [0.5, 0.6) is 0 Å². The first-order valence-electron chi connectivity index (χ1n) is 5.84. The lowest BCUT2D eigenvalue weighted by Crippen LogP contribution is -2.13. The van der Waals surface area contributed by atoms with Crippen molar-refractivity contribution < 1.29 is 18.0 Å². The lowest BCUT2D eigenvalue weighted by atomic mass is 10.2. The van der Waals surface area contributed by atoms with Gasteiger partial charge in [-0.25, -0.2) is 9.97 Å². The van der Waals surface area contributed by atoms with Gasteiger partial charge in [0.2, 0.25) is 0 Å². The zero-order valence-corrected chi connectivity index (χ0v) is 12.7. The summed E-state index contributed by atoms with van der Waals surface area (Å²) in [6, 6.07) is 0.681. The molecule has 0 fully saturated rings. The molecule has 4 nitrogen and oxygen atoms in total. The van der Waals surface area contributed by atoms with E-state index < -0.39 is 22.7 Å². The van der Waals surface area contributed by atoms with E-state index in [0.717, 1.165) is 17.5 Å². The molecule has 2 heterocycles. The number of carbonyl (C=O) groups excluding carboxylic acids is 1. The fraction of sp³-hybridized carbons (Fsp3) is 0.154. The molecule has 116 valence electrons. The van der Waals surface area contributed by atoms with Crippen LogP contribution < -0.4 is 5.32 Å². The van der Waals surface area contributed by atoms with Crippen LogP contribution in [-0.4, -0.2) is 15.9 Å². The van der Waals surface area contributed by atoms with Crippen molar-refractivity contribution in [3.8, 4) is 0 Å². The monoisotopic (exact) mass is 347 g/mol. The maximum Gasteiger partial charge on any atom is 0.418 e. The van der Waals surface area contributed by atoms with Gasteiger partial charge in [-0.2, -0.15) is 13.2 Å². The van der Waals surface area contributed by atoms with Crippen LogP contribution in [0.1, 0.15) is 27.2 Å². The fourth-order valence-corrected chi connectivity index (χ4v) is 2.43. The summed E-state index contributed by atoms with van der Waals surface area (Å²) >= 11 is 6.54. The molecule has 0 unspecified atom stereocenters. The number of aromatic nitrogens is 2. The number of rotatable bonds is 3. The molecule has 2 aromatic heterocycles. The third-order valence-electron chi connectivity index (χ3n) is 2.50. The topological polar surface area (TPSA) is 54.9 Å². The van der Waals surface area contributed by atoms with E-state index in [4.69, 9.17) is 11.6 Å². The van der Waals surface area contributed by atoms with Gasteiger partial charge < -0.3 is 5.32 Å². The molecule has 0 atom stereocenters. The van der Waals surface area contributed by atoms with Gasteiger partial charge in [0.15, 0.2) is 0 Å². The number of hydrogen-bond donors (Lipinski definition) is 1. The second kappa shape index (κ2) is 6.05. The Labute approximate surface area is 132 Å². The van der Waals surface area contributed by atoms with Crippen molar-refractivity contribution in [1.82, 2.24) is 9.97 Å². The van der Waals surface area contributed by atoms with Crippen LogP contribution >= 0.6 is 22.9 Å². The van der Waals surface area contributed by atoms with Gasteiger partial charge in [-0.05, 0) is 18.6 Å². The average Bonchev–Trinajstić information content (AvgIpc) is 2.89. The number of amides is 1. The van der Waals surface area contributed by atoms with Crippen molar-refractivity contribution in [3.05, 3.63) is 45.5 Å². The summed E-state index contributed by atoms with van der Waals surface area (Å²) in [5, 5.41) is 2.32. The predicted octanol–water partition coefficient (Wildman–Crippen LogP) is 4.50. The summed E-state index contributed by atoms with van der Waals surface area (Å²) in [4.78, 5) is 19.9. The lowest BCUT2D eigenvalue weighted by Gasteiger charge is -2.10. The van der Waals surface area contributed by atoms with Gasteiger partial charge in [-0.1, -0.05) is 18.2 Å². The summed E-state index contributed by atoms with van der Waals surface area (Å²) < 4.78 is 38.2. The Bertz CT molecular complexity index is 742. The molecular weight excluding hydrogens is 339 g/mol. The summed E-state index contributed by atoms with van der Waals surface area (Å²) in [6.45, 7) is 5.43. The van der Waals surface area contributed by atoms with Gasteiger partial charge in [0, 0.05) is 6.20 Å². The Balaban J connectivity index is 2.23. The molecule has 0 radical (unpaired) electrons. The Morgan fingerprint density at radius 1 is 1.36 bits per heavy atom. The van der Waals surface area contributed by atoms with Crippen LogP contribution in [0.3, 0.4) is 0 Å². The molecule has 0 saturated carbocycles. The van der Waals surface area contributed by atoms with E-state index in [2.05, 4.69) is 21.9 Å². The third kappa shape index (κ3) is 3.63. The van der Waals surface area contributed by atoms with E-state index in [0.29, 0.717) is 16.6 Å². The molecule has 0 aliphatic heterocycles. The minimum Gasteiger partial charge on any atom is -0.306 e. The van der Waals surface area contributed by atoms with E-state index >= 15 is 0 Å². The molecular formula is C13H9ClF3N3OS. The van der Waals surface area contributed by atoms with Gasteiger partial charge in [-0.3, -0.25) is 4.79 Å². The number of thiazole rings is 1. The molecule has 2 aromatic rings. The normalized spacial score (nSPS) is 11.3. The molecule has 0 aliphatic carbocycles. The molecule has 22 heavy (non-hydrogen) atoms. The molecule has 0 saturated heterocycles. The van der Waals surface area contributed by atoms with Crippen LogP contribution in [0.15, 0.2) is 25.0 Å². The first kappa shape index (κ1) is 16.4. The molecule has 0 spiro atoms. The molecule has 0 bridgehead atoms. The lowest BCUT2D eigenvalue weighted by molar-refractivity contribution is -0.137. The van der Waals surface area contributed by atoms with Gasteiger partial charge in [-0.15, -0.1) is 11.3 Å². The Morgan fingerprint density at radius 2 is 2.05 bits per heavy atom. The first-order chi connectivity index (χ1) is 10.2. The standard InChI is InChI=1S/C13H9ClF3N3OS/c1-6(2)12-19-5-9(22-12)11(21)20-10-3-7(13(15,16)17)8(14)4-18-10/h3-5H,1H2,2H3,(H,18,20,21). The van der Waals surface area contributed by atoms with E-state index in [1.807, 2.05) is 0 Å². The van der Waals surface area contributed by atoms with Gasteiger partial charge >= 0.3 is 6.18 Å². The van der Waals surface area contributed by atoms with Crippen molar-refractivity contribution in [3.63, 3.8) is 0 Å². The Morgan fingerprint density at radius 3 is 2.59 bits per heavy atom. The maximum absolute atomic E-state index is 12.7. The predicted molar refractivity (Wildman–Crippen MR) is 79.0 cm³/mol. The summed E-state index contributed by atoms with van der Waals surface area (Å²) in [6.07, 6.45) is -2.46. The van der Waals surface area contributed by atoms with Crippen LogP contribution in [0.2, 0.25) is 5.02 Å². The molecule has 9 heteroatoms. The molecule has 0 aromatic carbocycles. The number of pyridine rings is 1. The Hall–Kier alpha value is -1.93. The highest BCUT2D eigenvalue weighted by Gasteiger charge is 2.34. The van der Waals surface area contributed by atoms with Crippen molar-refractivity contribution in [1.29, 1.82) is 0 Å². The van der Waals surface area contributed by atoms with Crippen molar-refractivity contribution in [2.75, 3.05) is 5.32 Å². The molecule has 2 rings (SSSR count). The zero-order valence-electron chi connectivity index (χ0n) is 11.2. The zero-order chi connectivity index (χ0) is 16.5. The number of nitrogens with zero attached hydrogens (tertiary/aromatic N) is 2. The second-order valence-electron chi connectivity index (χ2n) is 4.31. The number of halogens is 4. The molecule has 1 amide bonds. The minimum absolute atomic E-state index is 0.239. The van der Waals surface area contributed by atoms with Crippen LogP contribution in [0.4, 0.5) is 19.0 Å². The van der Waals surface area contributed by atoms with Crippen molar-refractivity contribution in [2.24, 2.45) is 0 Å². The number of allylic oxidation sites excluding steroid dienone is 1. The maximum atomic E-state index is 12.7. The summed E-state index contributed by atoms with van der Waals surface area (Å²) in [5.74, 6) is -0.847. The highest BCUT2D eigenvalue weighted by atomic mass is 35.5. The van der Waals surface area contributed by atoms with Crippen LogP contribution in [0.25, 0.3) is 5.57 Å². The van der Waals surface area contributed by atoms with E-state index in [-0.39, 0.29) is 10.7 Å². The quantitative estimate of drug-likeness (QED) is 0.889. The summed E-state index contributed by atoms with van der Waals surface area (Å²) in [5.41, 5.74) is -0.376. The van der Waals surface area contributed by atoms with Gasteiger partial charge in [0.05, 0.1) is 16.8 Å². The first-order valence-corrected chi connectivity index (χ1v) is 7.03. The SMILES string of the molecule is C=C(C)c1ncc(C(=O)Nc2cc(C(F)(F)F)c(Cl)cn2)s1. The van der Waals surface area contributed by atoms with E-state index in [1.165, 1.54) is 6.20 Å². The third-order valence-corrected chi connectivity index (χ3v) is 3.96. The number of carbonyl (C=O) groups is 1. The minimum atomic E-state index is -4.63. The number of alkyl halides is 3. The smallest absolute Gasteiger partial charge is 0.306 e. The van der Waals surface area contributed by atoms with Gasteiger partial charge in [0.25, 0.3) is 5.91 Å². The number of nitrogens with one attached hydrogen (secondary N) is 1. The molecule has 0 aliphatic rings. The number of anilines is 1. The van der Waals surface area contributed by atoms with Crippen LogP contribution in [0, 0.1) is 0 Å². The van der Waals surface area contributed by atoms with E-state index in [9.17, 15) is 18.0 Å². The van der Waals surface area contributed by atoms with Crippen molar-refractivity contribution in [2.45, 2.75) is 13.1 Å². The summed E-state index contributed by atoms with van der Waals surface area (Å²) in [7, 11) is 0. The van der Waals surface area contributed by atoms with E-state index in [1.54, 1.807) is 6.92 Å². The van der Waals surface area contributed by atoms with Crippen LogP contribution in [-0.2, 0) is 6.18 Å².